The summed E-state index contributed by atoms with van der Waals surface area (Å²) in [5, 5.41) is 0. The third-order valence-electron chi connectivity index (χ3n) is 6.85. The molecule has 0 amide bonds. The molecule has 1 rings (SSSR count). The van der Waals surface area contributed by atoms with E-state index in [1.165, 1.54) is 44.9 Å². The molecule has 0 nitrogen and oxygen atoms in total. The Morgan fingerprint density at radius 2 is 1.00 bits per heavy atom. The van der Waals surface area contributed by atoms with Gasteiger partial charge in [-0.15, -0.1) is 0 Å². The molecular formula is C17H34. The number of rotatable bonds is 4. The van der Waals surface area contributed by atoms with Crippen LogP contribution in [0.1, 0.15) is 86.5 Å². The fourth-order valence-electron chi connectivity index (χ4n) is 4.80. The van der Waals surface area contributed by atoms with Crippen molar-refractivity contribution in [2.24, 2.45) is 22.7 Å². The zero-order valence-corrected chi connectivity index (χ0v) is 13.1. The van der Waals surface area contributed by atoms with Crippen molar-refractivity contribution in [2.45, 2.75) is 86.5 Å². The van der Waals surface area contributed by atoms with E-state index >= 15 is 0 Å². The molecule has 0 aromatic rings. The summed E-state index contributed by atoms with van der Waals surface area (Å²) in [6.45, 7) is 14.7. The lowest BCUT2D eigenvalue weighted by Crippen LogP contribution is -2.37. The highest BCUT2D eigenvalue weighted by Gasteiger charge is 2.45. The van der Waals surface area contributed by atoms with Crippen LogP contribution < -0.4 is 0 Å². The highest BCUT2D eigenvalue weighted by atomic mass is 14.5. The molecule has 17 heavy (non-hydrogen) atoms. The maximum atomic E-state index is 2.54. The van der Waals surface area contributed by atoms with Gasteiger partial charge in [0.05, 0.1) is 0 Å². The van der Waals surface area contributed by atoms with Crippen LogP contribution in [0.15, 0.2) is 0 Å². The maximum absolute atomic E-state index is 2.54. The van der Waals surface area contributed by atoms with E-state index in [0.717, 1.165) is 11.8 Å². The predicted octanol–water partition coefficient (Wildman–Crippen LogP) is 6.06. The molecule has 102 valence electrons. The molecule has 1 saturated carbocycles. The normalized spacial score (nSPS) is 32.1. The molecule has 0 aromatic heterocycles. The van der Waals surface area contributed by atoms with Crippen molar-refractivity contribution >= 4 is 0 Å². The second-order valence-corrected chi connectivity index (χ2v) is 6.57. The molecule has 0 aromatic carbocycles. The van der Waals surface area contributed by atoms with E-state index in [1.54, 1.807) is 0 Å². The van der Waals surface area contributed by atoms with Crippen LogP contribution in [0.25, 0.3) is 0 Å². The summed E-state index contributed by atoms with van der Waals surface area (Å²) >= 11 is 0. The minimum absolute atomic E-state index is 0.630. The lowest BCUT2D eigenvalue weighted by molar-refractivity contribution is 0.0419. The van der Waals surface area contributed by atoms with Crippen molar-refractivity contribution in [1.82, 2.24) is 0 Å². The minimum atomic E-state index is 0.630. The molecule has 0 spiro atoms. The monoisotopic (exact) mass is 238 g/mol. The average molecular weight is 238 g/mol. The molecule has 0 bridgehead atoms. The maximum Gasteiger partial charge on any atom is -0.0274 e. The van der Waals surface area contributed by atoms with Crippen LogP contribution in [0.2, 0.25) is 0 Å². The van der Waals surface area contributed by atoms with Gasteiger partial charge in [0.25, 0.3) is 0 Å². The van der Waals surface area contributed by atoms with Crippen molar-refractivity contribution in [3.05, 3.63) is 0 Å². The first kappa shape index (κ1) is 15.1. The summed E-state index contributed by atoms with van der Waals surface area (Å²) in [5.41, 5.74) is 1.26. The van der Waals surface area contributed by atoms with Gasteiger partial charge in [0.1, 0.15) is 0 Å². The zero-order valence-electron chi connectivity index (χ0n) is 13.1. The van der Waals surface area contributed by atoms with Crippen LogP contribution in [0.4, 0.5) is 0 Å². The summed E-state index contributed by atoms with van der Waals surface area (Å²) in [6.07, 6.45) is 9.88. The molecular weight excluding hydrogens is 204 g/mol. The van der Waals surface area contributed by atoms with Crippen LogP contribution >= 0.6 is 0 Å². The van der Waals surface area contributed by atoms with Gasteiger partial charge in [-0.2, -0.15) is 0 Å². The Hall–Kier alpha value is 0. The molecule has 1 fully saturated rings. The van der Waals surface area contributed by atoms with Crippen molar-refractivity contribution in [2.75, 3.05) is 0 Å². The molecule has 0 heteroatoms. The lowest BCUT2D eigenvalue weighted by Gasteiger charge is -2.45. The predicted molar refractivity (Wildman–Crippen MR) is 78.2 cm³/mol. The van der Waals surface area contributed by atoms with Crippen LogP contribution in [-0.2, 0) is 0 Å². The topological polar surface area (TPSA) is 0 Å². The average Bonchev–Trinajstić information content (AvgIpc) is 2.48. The molecule has 0 aliphatic heterocycles. The van der Waals surface area contributed by atoms with Gasteiger partial charge in [0.2, 0.25) is 0 Å². The summed E-state index contributed by atoms with van der Waals surface area (Å²) in [6, 6.07) is 0. The molecule has 2 atom stereocenters. The van der Waals surface area contributed by atoms with Gasteiger partial charge in [-0.25, -0.2) is 0 Å². The lowest BCUT2D eigenvalue weighted by atomic mass is 9.60. The van der Waals surface area contributed by atoms with E-state index in [-0.39, 0.29) is 0 Å². The van der Waals surface area contributed by atoms with Gasteiger partial charge in [-0.1, -0.05) is 73.6 Å². The van der Waals surface area contributed by atoms with Gasteiger partial charge in [-0.05, 0) is 35.5 Å². The third kappa shape index (κ3) is 2.42. The summed E-state index contributed by atoms with van der Waals surface area (Å²) < 4.78 is 0. The van der Waals surface area contributed by atoms with E-state index in [9.17, 15) is 0 Å². The molecule has 0 N–H and O–H groups in total. The second kappa shape index (κ2) is 5.76. The first-order valence-corrected chi connectivity index (χ1v) is 8.02. The Balaban J connectivity index is 3.04. The largest absolute Gasteiger partial charge is 0.0648 e. The Labute approximate surface area is 110 Å². The Morgan fingerprint density at radius 3 is 1.24 bits per heavy atom. The second-order valence-electron chi connectivity index (χ2n) is 6.57. The van der Waals surface area contributed by atoms with E-state index in [2.05, 4.69) is 41.5 Å². The fourth-order valence-corrected chi connectivity index (χ4v) is 4.80. The SMILES string of the molecule is CCC1(CC)CCCC(CC)(CC)C(C)C1C. The Morgan fingerprint density at radius 1 is 0.706 bits per heavy atom. The standard InChI is InChI=1S/C17H34/c1-7-16(8-2)12-11-13-17(9-3,10-4)15(6)14(16)5/h14-15H,7-13H2,1-6H3. The van der Waals surface area contributed by atoms with Crippen molar-refractivity contribution in [3.63, 3.8) is 0 Å². The van der Waals surface area contributed by atoms with E-state index in [1.807, 2.05) is 0 Å². The molecule has 2 unspecified atom stereocenters. The quantitative estimate of drug-likeness (QED) is 0.523. The van der Waals surface area contributed by atoms with Crippen LogP contribution in [-0.4, -0.2) is 0 Å². The third-order valence-corrected chi connectivity index (χ3v) is 6.85. The summed E-state index contributed by atoms with van der Waals surface area (Å²) in [7, 11) is 0. The number of hydrogen-bond acceptors (Lipinski definition) is 0. The first-order chi connectivity index (χ1) is 8.02. The minimum Gasteiger partial charge on any atom is -0.0648 e. The van der Waals surface area contributed by atoms with Crippen molar-refractivity contribution < 1.29 is 0 Å². The highest BCUT2D eigenvalue weighted by molar-refractivity contribution is 4.95. The Kier molecular flexibility index (Phi) is 5.10. The fraction of sp³-hybridized carbons (Fsp3) is 1.00. The highest BCUT2D eigenvalue weighted by Crippen LogP contribution is 2.55. The smallest absolute Gasteiger partial charge is 0.0274 e. The number of hydrogen-bond donors (Lipinski definition) is 0. The summed E-state index contributed by atoms with van der Waals surface area (Å²) in [4.78, 5) is 0. The first-order valence-electron chi connectivity index (χ1n) is 8.02. The molecule has 0 saturated heterocycles. The zero-order chi connectivity index (χ0) is 13.1. The van der Waals surface area contributed by atoms with Gasteiger partial charge in [-0.3, -0.25) is 0 Å². The van der Waals surface area contributed by atoms with Crippen LogP contribution in [0.5, 0.6) is 0 Å². The van der Waals surface area contributed by atoms with E-state index in [0.29, 0.717) is 10.8 Å². The van der Waals surface area contributed by atoms with Crippen molar-refractivity contribution in [3.8, 4) is 0 Å². The van der Waals surface area contributed by atoms with Crippen LogP contribution in [0.3, 0.4) is 0 Å². The summed E-state index contributed by atoms with van der Waals surface area (Å²) in [5.74, 6) is 1.78. The molecule has 0 radical (unpaired) electrons. The molecule has 0 heterocycles. The van der Waals surface area contributed by atoms with Gasteiger partial charge in [0.15, 0.2) is 0 Å². The van der Waals surface area contributed by atoms with Gasteiger partial charge in [0, 0.05) is 0 Å². The van der Waals surface area contributed by atoms with Crippen LogP contribution in [0, 0.1) is 22.7 Å². The molecule has 1 aliphatic carbocycles. The van der Waals surface area contributed by atoms with E-state index in [4.69, 9.17) is 0 Å². The van der Waals surface area contributed by atoms with Gasteiger partial charge >= 0.3 is 0 Å². The van der Waals surface area contributed by atoms with Crippen molar-refractivity contribution in [1.29, 1.82) is 0 Å². The van der Waals surface area contributed by atoms with E-state index < -0.39 is 0 Å². The molecule has 1 aliphatic rings. The Bertz CT molecular complexity index is 196. The van der Waals surface area contributed by atoms with Gasteiger partial charge < -0.3 is 0 Å².